The van der Waals surface area contributed by atoms with Crippen molar-refractivity contribution < 1.29 is 52.9 Å². The smallest absolute Gasteiger partial charge is 0.375 e. The standard InChI is InChI=1S/C26H45BrN3O11PS/c1-6-9-26(4,5)38-13-10-25(2,3)28-19(31)8-11-29-20(32)15-18(23(29)34)43-14-7-12-39-30-22(33)17(16-40-42(36)37)41-21(27)24(30)35/h17-18,21-22,24,33,35H,6-16H2,1-5H3,(H-,28,31,36,37)/p+1. The van der Waals surface area contributed by atoms with Crippen LogP contribution in [0, 0.1) is 0 Å². The predicted molar refractivity (Wildman–Crippen MR) is 162 cm³/mol. The van der Waals surface area contributed by atoms with Crippen molar-refractivity contribution in [2.75, 3.05) is 32.1 Å². The number of alkyl halides is 1. The maximum Gasteiger partial charge on any atom is 0.694 e. The van der Waals surface area contributed by atoms with Crippen LogP contribution < -0.4 is 5.32 Å². The van der Waals surface area contributed by atoms with Crippen LogP contribution in [0.25, 0.3) is 0 Å². The van der Waals surface area contributed by atoms with Crippen molar-refractivity contribution in [3.63, 3.8) is 0 Å². The van der Waals surface area contributed by atoms with Gasteiger partial charge in [-0.15, -0.1) is 26.2 Å². The molecule has 17 heteroatoms. The number of thioether (sulfide) groups is 1. The van der Waals surface area contributed by atoms with Crippen LogP contribution in [0.1, 0.15) is 73.1 Å². The highest BCUT2D eigenvalue weighted by Crippen LogP contribution is 2.29. The lowest BCUT2D eigenvalue weighted by atomic mass is 10.00. The minimum absolute atomic E-state index is 0.00786. The van der Waals surface area contributed by atoms with E-state index in [9.17, 15) is 29.2 Å². The van der Waals surface area contributed by atoms with Gasteiger partial charge in [-0.05, 0) is 52.7 Å². The summed E-state index contributed by atoms with van der Waals surface area (Å²) in [6.07, 6.45) is -0.830. The summed E-state index contributed by atoms with van der Waals surface area (Å²) < 4.78 is 26.7. The molecule has 0 saturated carbocycles. The first kappa shape index (κ1) is 38.4. The molecule has 0 spiro atoms. The predicted octanol–water partition coefficient (Wildman–Crippen LogP) is 2.16. The first-order chi connectivity index (χ1) is 20.1. The largest absolute Gasteiger partial charge is 0.694 e. The zero-order valence-corrected chi connectivity index (χ0v) is 28.7. The van der Waals surface area contributed by atoms with Gasteiger partial charge in [0, 0.05) is 36.1 Å². The third kappa shape index (κ3) is 12.9. The monoisotopic (exact) mass is 718 g/mol. The molecule has 14 nitrogen and oxygen atoms in total. The van der Waals surface area contributed by atoms with E-state index < -0.39 is 49.2 Å². The average Bonchev–Trinajstić information content (AvgIpc) is 3.16. The second-order valence-corrected chi connectivity index (χ2v) is 14.6. The molecule has 4 N–H and O–H groups in total. The topological polar surface area (TPSA) is 184 Å². The molecule has 0 aromatic carbocycles. The van der Waals surface area contributed by atoms with Gasteiger partial charge in [0.2, 0.25) is 17.7 Å². The third-order valence-electron chi connectivity index (χ3n) is 6.91. The number of halogens is 1. The van der Waals surface area contributed by atoms with Crippen molar-refractivity contribution in [3.05, 3.63) is 0 Å². The summed E-state index contributed by atoms with van der Waals surface area (Å²) in [6.45, 7) is 10.2. The normalized spacial score (nSPS) is 25.8. The number of imide groups is 1. The summed E-state index contributed by atoms with van der Waals surface area (Å²) in [4.78, 5) is 53.4. The lowest BCUT2D eigenvalue weighted by molar-refractivity contribution is -0.364. The second kappa shape index (κ2) is 17.8. The van der Waals surface area contributed by atoms with Gasteiger partial charge in [-0.2, -0.15) is 0 Å². The number of hydroxylamine groups is 2. The van der Waals surface area contributed by atoms with Crippen molar-refractivity contribution >= 4 is 53.7 Å². The lowest BCUT2D eigenvalue weighted by Crippen LogP contribution is -2.60. The van der Waals surface area contributed by atoms with Crippen molar-refractivity contribution in [1.82, 2.24) is 15.3 Å². The molecular formula is C26H46BrN3O11PS+. The number of likely N-dealkylation sites (tertiary alicyclic amines) is 1. The summed E-state index contributed by atoms with van der Waals surface area (Å²) in [6, 6.07) is 0. The van der Waals surface area contributed by atoms with Crippen LogP contribution in [-0.4, -0.2) is 115 Å². The molecule has 2 saturated heterocycles. The minimum Gasteiger partial charge on any atom is -0.375 e. The number of rotatable bonds is 19. The van der Waals surface area contributed by atoms with Crippen LogP contribution in [0.5, 0.6) is 0 Å². The van der Waals surface area contributed by atoms with Gasteiger partial charge in [-0.25, -0.2) is 0 Å². The van der Waals surface area contributed by atoms with Crippen LogP contribution in [0.15, 0.2) is 0 Å². The molecule has 2 fully saturated rings. The fraction of sp³-hybridized carbons (Fsp3) is 0.885. The lowest BCUT2D eigenvalue weighted by Gasteiger charge is -2.41. The Kier molecular flexibility index (Phi) is 15.9. The zero-order chi connectivity index (χ0) is 32.4. The Morgan fingerprint density at radius 2 is 1.88 bits per heavy atom. The molecule has 6 unspecified atom stereocenters. The Labute approximate surface area is 266 Å². The van der Waals surface area contributed by atoms with Crippen molar-refractivity contribution in [2.45, 2.75) is 113 Å². The SMILES string of the molecule is CCCC(C)(C)OCCC(C)(C)NC(=O)CCN1C(=O)CC(SCCCON2C(O)C(Br)OC(CO[P+](=O)O)C2O)C1=O. The first-order valence-corrected chi connectivity index (χ1v) is 17.4. The first-order valence-electron chi connectivity index (χ1n) is 14.3. The Bertz CT molecular complexity index is 963. The third-order valence-corrected chi connectivity index (χ3v) is 9.26. The van der Waals surface area contributed by atoms with Gasteiger partial charge in [0.1, 0.15) is 12.7 Å². The van der Waals surface area contributed by atoms with E-state index >= 15 is 0 Å². The van der Waals surface area contributed by atoms with E-state index in [4.69, 9.17) is 19.2 Å². The maximum absolute atomic E-state index is 12.8. The number of carbonyl (C=O) groups excluding carboxylic acids is 3. The highest BCUT2D eigenvalue weighted by molar-refractivity contribution is 9.09. The highest BCUT2D eigenvalue weighted by atomic mass is 79.9. The van der Waals surface area contributed by atoms with Crippen molar-refractivity contribution in [1.29, 1.82) is 0 Å². The van der Waals surface area contributed by atoms with E-state index in [1.165, 1.54) is 11.8 Å². The van der Waals surface area contributed by atoms with Gasteiger partial charge in [-0.1, -0.05) is 29.3 Å². The van der Waals surface area contributed by atoms with Crippen LogP contribution in [0.3, 0.4) is 0 Å². The van der Waals surface area contributed by atoms with E-state index in [-0.39, 0.29) is 49.3 Å². The molecule has 43 heavy (non-hydrogen) atoms. The van der Waals surface area contributed by atoms with E-state index in [0.29, 0.717) is 25.2 Å². The van der Waals surface area contributed by atoms with E-state index in [0.717, 1.165) is 22.8 Å². The van der Waals surface area contributed by atoms with E-state index in [1.54, 1.807) is 0 Å². The average molecular weight is 720 g/mol. The van der Waals surface area contributed by atoms with Crippen molar-refractivity contribution in [3.8, 4) is 0 Å². The number of nitrogens with zero attached hydrogens (tertiary/aromatic N) is 2. The van der Waals surface area contributed by atoms with Crippen LogP contribution in [0.4, 0.5) is 0 Å². The molecule has 0 aromatic rings. The van der Waals surface area contributed by atoms with Gasteiger partial charge in [0.25, 0.3) is 0 Å². The zero-order valence-electron chi connectivity index (χ0n) is 25.4. The molecule has 0 aliphatic carbocycles. The van der Waals surface area contributed by atoms with Gasteiger partial charge in [-0.3, -0.25) is 24.1 Å². The number of aliphatic hydroxyl groups is 2. The fourth-order valence-corrected chi connectivity index (χ4v) is 6.49. The Balaban J connectivity index is 1.71. The molecule has 2 aliphatic rings. The second-order valence-electron chi connectivity index (χ2n) is 11.7. The number of amides is 3. The number of nitrogens with one attached hydrogen (secondary N) is 1. The summed E-state index contributed by atoms with van der Waals surface area (Å²) in [5.41, 5.74) is -0.723. The van der Waals surface area contributed by atoms with Crippen LogP contribution in [-0.2, 0) is 37.8 Å². The molecule has 3 amide bonds. The number of morpholine rings is 1. The van der Waals surface area contributed by atoms with Crippen molar-refractivity contribution in [2.24, 2.45) is 0 Å². The quantitative estimate of drug-likeness (QED) is 0.0660. The summed E-state index contributed by atoms with van der Waals surface area (Å²) in [5.74, 6) is -0.447. The van der Waals surface area contributed by atoms with Crippen LogP contribution in [0.2, 0.25) is 0 Å². The van der Waals surface area contributed by atoms with Crippen LogP contribution >= 0.6 is 35.9 Å². The summed E-state index contributed by atoms with van der Waals surface area (Å²) >= 11 is 4.40. The number of aliphatic hydroxyl groups excluding tert-OH is 2. The minimum atomic E-state index is -2.89. The van der Waals surface area contributed by atoms with E-state index in [2.05, 4.69) is 32.7 Å². The molecule has 2 aliphatic heterocycles. The Hall–Kier alpha value is -0.780. The molecule has 248 valence electrons. The van der Waals surface area contributed by atoms with Gasteiger partial charge in [0.15, 0.2) is 17.5 Å². The Morgan fingerprint density at radius 3 is 2.53 bits per heavy atom. The van der Waals surface area contributed by atoms with E-state index in [1.807, 2.05) is 27.7 Å². The molecule has 2 heterocycles. The van der Waals surface area contributed by atoms with Gasteiger partial charge >= 0.3 is 8.25 Å². The maximum atomic E-state index is 12.8. The number of carbonyl (C=O) groups is 3. The highest BCUT2D eigenvalue weighted by Gasteiger charge is 2.44. The van der Waals surface area contributed by atoms with Gasteiger partial charge < -0.3 is 25.0 Å². The molecule has 0 bridgehead atoms. The summed E-state index contributed by atoms with van der Waals surface area (Å²) in [5, 5.41) is 23.0. The molecule has 0 aromatic heterocycles. The molecular weight excluding hydrogens is 673 g/mol. The molecule has 2 rings (SSSR count). The molecule has 0 radical (unpaired) electrons. The Morgan fingerprint density at radius 1 is 1.19 bits per heavy atom. The summed E-state index contributed by atoms with van der Waals surface area (Å²) in [7, 11) is -2.89. The molecule has 6 atom stereocenters. The number of hydrogen-bond donors (Lipinski definition) is 4. The van der Waals surface area contributed by atoms with Gasteiger partial charge in [0.05, 0.1) is 17.5 Å². The number of ether oxygens (including phenoxy) is 2. The fourth-order valence-electron chi connectivity index (χ4n) is 4.60. The number of hydrogen-bond acceptors (Lipinski definition) is 12.